The number of hydrogen-bond acceptors (Lipinski definition) is 1. The molecule has 0 spiro atoms. The molecule has 0 atom stereocenters. The molecule has 0 unspecified atom stereocenters. The third-order valence-electron chi connectivity index (χ3n) is 1.66. The fourth-order valence-corrected chi connectivity index (χ4v) is 1.01. The highest BCUT2D eigenvalue weighted by Gasteiger charge is 1.93. The SMILES string of the molecule is CC/C=C/c1ccccc1C=O. The van der Waals surface area contributed by atoms with E-state index in [1.54, 1.807) is 0 Å². The summed E-state index contributed by atoms with van der Waals surface area (Å²) in [6.45, 7) is 2.07. The molecular weight excluding hydrogens is 148 g/mol. The first kappa shape index (κ1) is 8.72. The van der Waals surface area contributed by atoms with Gasteiger partial charge in [-0.3, -0.25) is 4.79 Å². The highest BCUT2D eigenvalue weighted by Crippen LogP contribution is 2.08. The molecule has 0 saturated carbocycles. The second-order valence-electron chi connectivity index (χ2n) is 2.56. The van der Waals surface area contributed by atoms with Gasteiger partial charge in [-0.15, -0.1) is 0 Å². The van der Waals surface area contributed by atoms with Crippen LogP contribution in [-0.2, 0) is 0 Å². The Morgan fingerprint density at radius 3 is 2.50 bits per heavy atom. The molecule has 1 heteroatoms. The number of carbonyl (C=O) groups excluding carboxylic acids is 1. The molecule has 0 fully saturated rings. The lowest BCUT2D eigenvalue weighted by atomic mass is 10.1. The molecule has 62 valence electrons. The Morgan fingerprint density at radius 2 is 1.92 bits per heavy atom. The van der Waals surface area contributed by atoms with E-state index in [1.165, 1.54) is 0 Å². The Hall–Kier alpha value is -1.37. The minimum atomic E-state index is 0.752. The zero-order valence-electron chi connectivity index (χ0n) is 7.16. The average Bonchev–Trinajstić information content (AvgIpc) is 2.15. The molecule has 1 rings (SSSR count). The molecule has 0 aromatic heterocycles. The topological polar surface area (TPSA) is 17.1 Å². The van der Waals surface area contributed by atoms with Crippen LogP contribution in [0.25, 0.3) is 6.08 Å². The van der Waals surface area contributed by atoms with Gasteiger partial charge >= 0.3 is 0 Å². The van der Waals surface area contributed by atoms with Crippen LogP contribution >= 0.6 is 0 Å². The van der Waals surface area contributed by atoms with E-state index in [-0.39, 0.29) is 0 Å². The quantitative estimate of drug-likeness (QED) is 0.621. The normalized spacial score (nSPS) is 10.4. The van der Waals surface area contributed by atoms with Crippen molar-refractivity contribution in [2.45, 2.75) is 13.3 Å². The third kappa shape index (κ3) is 2.06. The third-order valence-corrected chi connectivity index (χ3v) is 1.66. The number of rotatable bonds is 3. The van der Waals surface area contributed by atoms with Crippen LogP contribution in [0, 0.1) is 0 Å². The van der Waals surface area contributed by atoms with Gasteiger partial charge in [-0.25, -0.2) is 0 Å². The highest BCUT2D eigenvalue weighted by atomic mass is 16.1. The number of allylic oxidation sites excluding steroid dienone is 1. The first-order chi connectivity index (χ1) is 5.88. The van der Waals surface area contributed by atoms with Gasteiger partial charge in [0, 0.05) is 5.56 Å². The maximum Gasteiger partial charge on any atom is 0.150 e. The molecule has 0 amide bonds. The summed E-state index contributed by atoms with van der Waals surface area (Å²) < 4.78 is 0. The van der Waals surface area contributed by atoms with Crippen LogP contribution in [0.1, 0.15) is 29.3 Å². The first-order valence-electron chi connectivity index (χ1n) is 4.09. The zero-order chi connectivity index (χ0) is 8.81. The molecule has 0 radical (unpaired) electrons. The first-order valence-corrected chi connectivity index (χ1v) is 4.09. The van der Waals surface area contributed by atoms with E-state index in [0.717, 1.165) is 23.8 Å². The summed E-state index contributed by atoms with van der Waals surface area (Å²) >= 11 is 0. The van der Waals surface area contributed by atoms with Crippen LogP contribution in [0.3, 0.4) is 0 Å². The van der Waals surface area contributed by atoms with Gasteiger partial charge in [0.2, 0.25) is 0 Å². The van der Waals surface area contributed by atoms with Crippen LogP contribution in [-0.4, -0.2) is 6.29 Å². The maximum absolute atomic E-state index is 10.6. The molecule has 0 bridgehead atoms. The second kappa shape index (κ2) is 4.50. The largest absolute Gasteiger partial charge is 0.298 e. The van der Waals surface area contributed by atoms with E-state index in [4.69, 9.17) is 0 Å². The van der Waals surface area contributed by atoms with Crippen molar-refractivity contribution < 1.29 is 4.79 Å². The molecular formula is C11H12O. The van der Waals surface area contributed by atoms with Crippen molar-refractivity contribution in [3.8, 4) is 0 Å². The minimum Gasteiger partial charge on any atom is -0.298 e. The molecule has 0 heterocycles. The van der Waals surface area contributed by atoms with E-state index in [2.05, 4.69) is 6.92 Å². The molecule has 0 aliphatic heterocycles. The summed E-state index contributed by atoms with van der Waals surface area (Å²) in [5.41, 5.74) is 1.75. The number of aldehydes is 1. The van der Waals surface area contributed by atoms with Crippen molar-refractivity contribution in [3.63, 3.8) is 0 Å². The van der Waals surface area contributed by atoms with Crippen molar-refractivity contribution >= 4 is 12.4 Å². The molecule has 1 nitrogen and oxygen atoms in total. The van der Waals surface area contributed by atoms with E-state index >= 15 is 0 Å². The predicted molar refractivity (Wildman–Crippen MR) is 51.2 cm³/mol. The summed E-state index contributed by atoms with van der Waals surface area (Å²) in [4.78, 5) is 10.6. The van der Waals surface area contributed by atoms with Gasteiger partial charge in [0.05, 0.1) is 0 Å². The second-order valence-corrected chi connectivity index (χ2v) is 2.56. The molecule has 1 aromatic carbocycles. The lowest BCUT2D eigenvalue weighted by molar-refractivity contribution is 0.112. The Labute approximate surface area is 72.7 Å². The Balaban J connectivity index is 2.96. The highest BCUT2D eigenvalue weighted by molar-refractivity contribution is 5.81. The summed E-state index contributed by atoms with van der Waals surface area (Å²) in [6, 6.07) is 7.56. The van der Waals surface area contributed by atoms with Gasteiger partial charge in [0.1, 0.15) is 0 Å². The average molecular weight is 160 g/mol. The van der Waals surface area contributed by atoms with Crippen LogP contribution in [0.4, 0.5) is 0 Å². The number of benzene rings is 1. The zero-order valence-corrected chi connectivity index (χ0v) is 7.16. The molecule has 1 aromatic rings. The summed E-state index contributed by atoms with van der Waals surface area (Å²) in [5.74, 6) is 0. The van der Waals surface area contributed by atoms with Crippen LogP contribution in [0.15, 0.2) is 30.3 Å². The van der Waals surface area contributed by atoms with Crippen molar-refractivity contribution in [2.24, 2.45) is 0 Å². The standard InChI is InChI=1S/C11H12O/c1-2-3-6-10-7-4-5-8-11(10)9-12/h3-9H,2H2,1H3/b6-3+. The molecule has 0 saturated heterocycles. The molecule has 0 aliphatic rings. The molecule has 0 N–H and O–H groups in total. The lowest BCUT2D eigenvalue weighted by Gasteiger charge is -1.95. The van der Waals surface area contributed by atoms with E-state index < -0.39 is 0 Å². The van der Waals surface area contributed by atoms with Gasteiger partial charge < -0.3 is 0 Å². The van der Waals surface area contributed by atoms with Gasteiger partial charge in [-0.2, -0.15) is 0 Å². The Morgan fingerprint density at radius 1 is 1.25 bits per heavy atom. The van der Waals surface area contributed by atoms with Gasteiger partial charge in [-0.1, -0.05) is 43.3 Å². The summed E-state index contributed by atoms with van der Waals surface area (Å²) in [5, 5.41) is 0. The van der Waals surface area contributed by atoms with Crippen molar-refractivity contribution in [1.82, 2.24) is 0 Å². The van der Waals surface area contributed by atoms with Crippen molar-refractivity contribution in [1.29, 1.82) is 0 Å². The van der Waals surface area contributed by atoms with Gasteiger partial charge in [0.25, 0.3) is 0 Å². The molecule has 12 heavy (non-hydrogen) atoms. The number of carbonyl (C=O) groups is 1. The fourth-order valence-electron chi connectivity index (χ4n) is 1.01. The van der Waals surface area contributed by atoms with Crippen molar-refractivity contribution in [3.05, 3.63) is 41.5 Å². The predicted octanol–water partition coefficient (Wildman–Crippen LogP) is 2.92. The van der Waals surface area contributed by atoms with Crippen LogP contribution in [0.2, 0.25) is 0 Å². The number of hydrogen-bond donors (Lipinski definition) is 0. The van der Waals surface area contributed by atoms with Gasteiger partial charge in [0.15, 0.2) is 6.29 Å². The van der Waals surface area contributed by atoms with Crippen molar-refractivity contribution in [2.75, 3.05) is 0 Å². The molecule has 0 aliphatic carbocycles. The maximum atomic E-state index is 10.6. The minimum absolute atomic E-state index is 0.752. The fraction of sp³-hybridized carbons (Fsp3) is 0.182. The van der Waals surface area contributed by atoms with Crippen LogP contribution < -0.4 is 0 Å². The van der Waals surface area contributed by atoms with Crippen LogP contribution in [0.5, 0.6) is 0 Å². The van der Waals surface area contributed by atoms with E-state index in [0.29, 0.717) is 0 Å². The monoisotopic (exact) mass is 160 g/mol. The smallest absolute Gasteiger partial charge is 0.150 e. The van der Waals surface area contributed by atoms with Gasteiger partial charge in [-0.05, 0) is 12.0 Å². The summed E-state index contributed by atoms with van der Waals surface area (Å²) in [7, 11) is 0. The summed E-state index contributed by atoms with van der Waals surface area (Å²) in [6.07, 6.45) is 5.90. The Kier molecular flexibility index (Phi) is 3.27. The Bertz CT molecular complexity index is 287. The lowest BCUT2D eigenvalue weighted by Crippen LogP contribution is -1.83. The van der Waals surface area contributed by atoms with E-state index in [1.807, 2.05) is 36.4 Å². The van der Waals surface area contributed by atoms with E-state index in [9.17, 15) is 4.79 Å².